The van der Waals surface area contributed by atoms with Crippen molar-refractivity contribution < 1.29 is 27.5 Å². The van der Waals surface area contributed by atoms with Crippen LogP contribution in [0.25, 0.3) is 0 Å². The fourth-order valence-electron chi connectivity index (χ4n) is 3.23. The van der Waals surface area contributed by atoms with Crippen LogP contribution < -0.4 is 0 Å². The Bertz CT molecular complexity index is 330. The Morgan fingerprint density at radius 2 is 0.900 bits per heavy atom. The van der Waals surface area contributed by atoms with Gasteiger partial charge in [0.05, 0.1) is 39.6 Å². The number of ether oxygens (including phenoxy) is 3. The first-order valence-corrected chi connectivity index (χ1v) is 13.7. The molecule has 0 unspecified atom stereocenters. The van der Waals surface area contributed by atoms with Crippen LogP contribution >= 0.6 is 0 Å². The van der Waals surface area contributed by atoms with Crippen molar-refractivity contribution in [3.63, 3.8) is 0 Å². The molecule has 0 aliphatic heterocycles. The molecule has 0 atom stereocenters. The third kappa shape index (κ3) is 18.5. The Labute approximate surface area is 187 Å². The molecule has 0 amide bonds. The number of unbranched alkanes of at least 4 members (excludes halogenated alkanes) is 10. The zero-order valence-electron chi connectivity index (χ0n) is 20.0. The van der Waals surface area contributed by atoms with Crippen LogP contribution in [0.2, 0.25) is 6.04 Å². The summed E-state index contributed by atoms with van der Waals surface area (Å²) in [5.41, 5.74) is 0. The molecular weight excluding hydrogens is 400 g/mol. The Morgan fingerprint density at radius 1 is 0.533 bits per heavy atom. The molecule has 180 valence electrons. The molecule has 0 saturated heterocycles. The van der Waals surface area contributed by atoms with Gasteiger partial charge in [0.15, 0.2) is 0 Å². The Kier molecular flexibility index (Phi) is 23.2. The normalized spacial score (nSPS) is 11.8. The van der Waals surface area contributed by atoms with Gasteiger partial charge in [-0.25, -0.2) is 0 Å². The van der Waals surface area contributed by atoms with Crippen molar-refractivity contribution in [3.8, 4) is 0 Å². The maximum atomic E-state index is 6.12. The predicted octanol–water partition coefficient (Wildman–Crippen LogP) is 5.39. The first-order valence-electron chi connectivity index (χ1n) is 11.7. The van der Waals surface area contributed by atoms with E-state index in [4.69, 9.17) is 27.5 Å². The quantitative estimate of drug-likeness (QED) is 0.106. The highest BCUT2D eigenvalue weighted by atomic mass is 28.4. The Balaban J connectivity index is 4.15. The second-order valence-corrected chi connectivity index (χ2v) is 10.3. The number of methoxy groups -OCH3 is 3. The number of hydrogen-bond acceptors (Lipinski definition) is 6. The van der Waals surface area contributed by atoms with Gasteiger partial charge in [0.1, 0.15) is 0 Å². The van der Waals surface area contributed by atoms with E-state index >= 15 is 0 Å². The zero-order chi connectivity index (χ0) is 22.2. The van der Waals surface area contributed by atoms with Crippen molar-refractivity contribution in [2.24, 2.45) is 0 Å². The summed E-state index contributed by atoms with van der Waals surface area (Å²) in [6.45, 7) is 6.82. The highest BCUT2D eigenvalue weighted by molar-refractivity contribution is 6.60. The molecule has 0 aromatic rings. The van der Waals surface area contributed by atoms with E-state index in [1.54, 1.807) is 21.3 Å². The topological polar surface area (TPSA) is 55.4 Å². The minimum absolute atomic E-state index is 0.482. The minimum atomic E-state index is -2.75. The lowest BCUT2D eigenvalue weighted by Gasteiger charge is -2.29. The summed E-state index contributed by atoms with van der Waals surface area (Å²) in [7, 11) is 2.26. The average molecular weight is 449 g/mol. The molecule has 6 nitrogen and oxygen atoms in total. The first kappa shape index (κ1) is 29.7. The van der Waals surface area contributed by atoms with Gasteiger partial charge >= 0.3 is 8.80 Å². The van der Waals surface area contributed by atoms with Crippen molar-refractivity contribution in [1.82, 2.24) is 0 Å². The SMILES string of the molecule is C=CCCCCCCCCCCCC[Si](OCCOC)(OCCOC)OCCOC. The van der Waals surface area contributed by atoms with Gasteiger partial charge in [-0.05, 0) is 19.3 Å². The molecule has 30 heavy (non-hydrogen) atoms. The summed E-state index contributed by atoms with van der Waals surface area (Å²) in [6.07, 6.45) is 16.0. The molecule has 0 radical (unpaired) electrons. The second kappa shape index (κ2) is 23.4. The Morgan fingerprint density at radius 3 is 1.27 bits per heavy atom. The lowest BCUT2D eigenvalue weighted by Crippen LogP contribution is -2.48. The van der Waals surface area contributed by atoms with Gasteiger partial charge < -0.3 is 27.5 Å². The van der Waals surface area contributed by atoms with Crippen LogP contribution in [0.3, 0.4) is 0 Å². The monoisotopic (exact) mass is 448 g/mol. The molecule has 7 heteroatoms. The molecule has 0 aromatic heterocycles. The first-order chi connectivity index (χ1) is 14.7. The molecule has 0 N–H and O–H groups in total. The van der Waals surface area contributed by atoms with Gasteiger partial charge in [0.25, 0.3) is 0 Å². The highest BCUT2D eigenvalue weighted by Crippen LogP contribution is 2.21. The molecule has 0 fully saturated rings. The summed E-state index contributed by atoms with van der Waals surface area (Å²) in [5, 5.41) is 0. The maximum absolute atomic E-state index is 6.12. The summed E-state index contributed by atoms with van der Waals surface area (Å²) >= 11 is 0. The van der Waals surface area contributed by atoms with Crippen LogP contribution in [0.15, 0.2) is 12.7 Å². The largest absolute Gasteiger partial charge is 0.501 e. The average Bonchev–Trinajstić information content (AvgIpc) is 2.75. The molecule has 0 aliphatic carbocycles. The molecular formula is C23H48O6Si. The van der Waals surface area contributed by atoms with Crippen molar-refractivity contribution in [2.75, 3.05) is 61.0 Å². The van der Waals surface area contributed by atoms with Crippen LogP contribution in [-0.4, -0.2) is 69.8 Å². The number of rotatable bonds is 25. The molecule has 0 spiro atoms. The van der Waals surface area contributed by atoms with Crippen molar-refractivity contribution in [2.45, 2.75) is 76.7 Å². The lowest BCUT2D eigenvalue weighted by atomic mass is 10.1. The number of hydrogen-bond donors (Lipinski definition) is 0. The second-order valence-electron chi connectivity index (χ2n) is 7.57. The lowest BCUT2D eigenvalue weighted by molar-refractivity contribution is 0.0142. The van der Waals surface area contributed by atoms with E-state index in [0.29, 0.717) is 39.6 Å². The van der Waals surface area contributed by atoms with Crippen molar-refractivity contribution in [3.05, 3.63) is 12.7 Å². The van der Waals surface area contributed by atoms with E-state index in [2.05, 4.69) is 6.58 Å². The van der Waals surface area contributed by atoms with E-state index in [0.717, 1.165) is 18.9 Å². The van der Waals surface area contributed by atoms with Crippen LogP contribution in [-0.2, 0) is 27.5 Å². The minimum Gasteiger partial charge on any atom is -0.382 e. The van der Waals surface area contributed by atoms with Gasteiger partial charge in [-0.3, -0.25) is 0 Å². The third-order valence-corrected chi connectivity index (χ3v) is 7.87. The maximum Gasteiger partial charge on any atom is 0.501 e. The summed E-state index contributed by atoms with van der Waals surface area (Å²) in [5.74, 6) is 0. The predicted molar refractivity (Wildman–Crippen MR) is 125 cm³/mol. The summed E-state index contributed by atoms with van der Waals surface area (Å²) in [6, 6.07) is 0.827. The van der Waals surface area contributed by atoms with E-state index in [1.807, 2.05) is 6.08 Å². The van der Waals surface area contributed by atoms with Crippen LogP contribution in [0.1, 0.15) is 70.6 Å². The van der Waals surface area contributed by atoms with Crippen LogP contribution in [0.5, 0.6) is 0 Å². The fraction of sp³-hybridized carbons (Fsp3) is 0.913. The van der Waals surface area contributed by atoms with Crippen LogP contribution in [0.4, 0.5) is 0 Å². The smallest absolute Gasteiger partial charge is 0.382 e. The summed E-state index contributed by atoms with van der Waals surface area (Å²) in [4.78, 5) is 0. The van der Waals surface area contributed by atoms with E-state index in [-0.39, 0.29) is 0 Å². The molecule has 0 saturated carbocycles. The standard InChI is InChI=1S/C23H48O6Si/c1-5-6-7-8-9-10-11-12-13-14-15-16-23-30(27-20-17-24-2,28-21-18-25-3)29-22-19-26-4/h5H,1,6-23H2,2-4H3. The highest BCUT2D eigenvalue weighted by Gasteiger charge is 2.40. The van der Waals surface area contributed by atoms with Crippen molar-refractivity contribution >= 4 is 8.80 Å². The van der Waals surface area contributed by atoms with E-state index in [9.17, 15) is 0 Å². The fourth-order valence-corrected chi connectivity index (χ4v) is 5.78. The Hall–Kier alpha value is -0.283. The van der Waals surface area contributed by atoms with Crippen LogP contribution in [0, 0.1) is 0 Å². The molecule has 0 bridgehead atoms. The van der Waals surface area contributed by atoms with Gasteiger partial charge in [0.2, 0.25) is 0 Å². The van der Waals surface area contributed by atoms with Crippen molar-refractivity contribution in [1.29, 1.82) is 0 Å². The van der Waals surface area contributed by atoms with Gasteiger partial charge in [0, 0.05) is 27.4 Å². The van der Waals surface area contributed by atoms with Gasteiger partial charge in [-0.15, -0.1) is 6.58 Å². The van der Waals surface area contributed by atoms with Gasteiger partial charge in [-0.2, -0.15) is 0 Å². The third-order valence-electron chi connectivity index (χ3n) is 4.97. The summed E-state index contributed by atoms with van der Waals surface area (Å²) < 4.78 is 33.8. The molecule has 0 aromatic carbocycles. The molecule has 0 heterocycles. The van der Waals surface area contributed by atoms with Gasteiger partial charge in [-0.1, -0.05) is 57.4 Å². The molecule has 0 aliphatic rings. The zero-order valence-corrected chi connectivity index (χ0v) is 21.0. The van der Waals surface area contributed by atoms with E-state index < -0.39 is 8.80 Å². The van der Waals surface area contributed by atoms with E-state index in [1.165, 1.54) is 57.8 Å². The number of allylic oxidation sites excluding steroid dienone is 1. The molecule has 0 rings (SSSR count).